The van der Waals surface area contributed by atoms with Crippen molar-refractivity contribution in [2.24, 2.45) is 0 Å². The maximum absolute atomic E-state index is 2.27. The normalized spacial score (nSPS) is 35.3. The van der Waals surface area contributed by atoms with Crippen LogP contribution in [0.25, 0.3) is 0 Å². The van der Waals surface area contributed by atoms with Gasteiger partial charge in [0.05, 0.1) is 9.16 Å². The third-order valence-electron chi connectivity index (χ3n) is 1.24. The number of thioether (sulfide) groups is 1. The van der Waals surface area contributed by atoms with Crippen molar-refractivity contribution < 1.29 is 0 Å². The average Bonchev–Trinajstić information content (AvgIpc) is 2.34. The molecule has 0 bridgehead atoms. The predicted molar refractivity (Wildman–Crippen MR) is 50.9 cm³/mol. The Balaban J connectivity index is 2.20. The van der Waals surface area contributed by atoms with E-state index < -0.39 is 0 Å². The molecule has 9 heavy (non-hydrogen) atoms. The van der Waals surface area contributed by atoms with Crippen molar-refractivity contribution in [2.75, 3.05) is 0 Å². The number of hydrogen-bond donors (Lipinski definition) is 0. The zero-order valence-corrected chi connectivity index (χ0v) is 8.24. The molecular formula is C6H12S3. The molecule has 1 aliphatic heterocycles. The lowest BCUT2D eigenvalue weighted by molar-refractivity contribution is 1.03. The summed E-state index contributed by atoms with van der Waals surface area (Å²) in [5, 5.41) is 0. The Hall–Kier alpha value is 1.05. The summed E-state index contributed by atoms with van der Waals surface area (Å²) in [7, 11) is 4.11. The minimum atomic E-state index is 0.875. The Bertz CT molecular complexity index is 74.4. The molecule has 0 aromatic rings. The summed E-state index contributed by atoms with van der Waals surface area (Å²) < 4.78 is 1.75. The van der Waals surface area contributed by atoms with E-state index in [1.54, 1.807) is 0 Å². The first-order valence-electron chi connectivity index (χ1n) is 3.34. The van der Waals surface area contributed by atoms with Gasteiger partial charge in [-0.25, -0.2) is 0 Å². The highest BCUT2D eigenvalue weighted by atomic mass is 33.1. The molecule has 0 nitrogen and oxygen atoms in total. The zero-order valence-electron chi connectivity index (χ0n) is 5.79. The third kappa shape index (κ3) is 2.28. The largest absolute Gasteiger partial charge is 0.131 e. The fourth-order valence-corrected chi connectivity index (χ4v) is 6.48. The van der Waals surface area contributed by atoms with E-state index in [1.165, 1.54) is 12.8 Å². The van der Waals surface area contributed by atoms with E-state index in [2.05, 4.69) is 47.2 Å². The van der Waals surface area contributed by atoms with Gasteiger partial charge in [-0.05, 0) is 12.8 Å². The SMILES string of the molecule is CCC1SSC(CC)S1. The first kappa shape index (κ1) is 8.15. The summed E-state index contributed by atoms with van der Waals surface area (Å²) in [4.78, 5) is 0. The van der Waals surface area contributed by atoms with Gasteiger partial charge in [0.1, 0.15) is 0 Å². The predicted octanol–water partition coefficient (Wildman–Crippen LogP) is 3.59. The summed E-state index contributed by atoms with van der Waals surface area (Å²) in [5.41, 5.74) is 0. The lowest BCUT2D eigenvalue weighted by Crippen LogP contribution is -1.91. The second kappa shape index (κ2) is 4.04. The van der Waals surface area contributed by atoms with Gasteiger partial charge < -0.3 is 0 Å². The molecule has 3 heteroatoms. The molecule has 0 radical (unpaired) electrons. The van der Waals surface area contributed by atoms with Crippen molar-refractivity contribution in [1.29, 1.82) is 0 Å². The van der Waals surface area contributed by atoms with Gasteiger partial charge in [-0.15, -0.1) is 11.8 Å². The van der Waals surface area contributed by atoms with Crippen LogP contribution in [0.4, 0.5) is 0 Å². The van der Waals surface area contributed by atoms with Crippen LogP contribution in [0.2, 0.25) is 0 Å². The van der Waals surface area contributed by atoms with E-state index in [9.17, 15) is 0 Å². The van der Waals surface area contributed by atoms with Gasteiger partial charge in [0, 0.05) is 0 Å². The van der Waals surface area contributed by atoms with Crippen LogP contribution in [-0.2, 0) is 0 Å². The molecule has 0 saturated carbocycles. The van der Waals surface area contributed by atoms with Crippen LogP contribution in [0.3, 0.4) is 0 Å². The van der Waals surface area contributed by atoms with Gasteiger partial charge in [0.25, 0.3) is 0 Å². The molecule has 1 rings (SSSR count). The van der Waals surface area contributed by atoms with Gasteiger partial charge in [0.15, 0.2) is 0 Å². The fourth-order valence-electron chi connectivity index (χ4n) is 0.667. The molecular weight excluding hydrogens is 168 g/mol. The highest BCUT2D eigenvalue weighted by molar-refractivity contribution is 8.82. The summed E-state index contributed by atoms with van der Waals surface area (Å²) in [6.07, 6.45) is 2.64. The molecule has 1 heterocycles. The van der Waals surface area contributed by atoms with Gasteiger partial charge >= 0.3 is 0 Å². The van der Waals surface area contributed by atoms with E-state index >= 15 is 0 Å². The van der Waals surface area contributed by atoms with Crippen molar-refractivity contribution in [3.63, 3.8) is 0 Å². The highest BCUT2D eigenvalue weighted by Gasteiger charge is 2.23. The second-order valence-electron chi connectivity index (χ2n) is 2.00. The first-order chi connectivity index (χ1) is 4.36. The van der Waals surface area contributed by atoms with Crippen molar-refractivity contribution in [3.05, 3.63) is 0 Å². The van der Waals surface area contributed by atoms with Crippen LogP contribution in [-0.4, -0.2) is 9.16 Å². The van der Waals surface area contributed by atoms with Crippen LogP contribution >= 0.6 is 33.3 Å². The number of rotatable bonds is 2. The summed E-state index contributed by atoms with van der Waals surface area (Å²) in [6, 6.07) is 0. The topological polar surface area (TPSA) is 0 Å². The standard InChI is InChI=1S/C6H12S3/c1-3-5-7-6(4-2)9-8-5/h5-6H,3-4H2,1-2H3. The average molecular weight is 180 g/mol. The molecule has 0 spiro atoms. The summed E-state index contributed by atoms with van der Waals surface area (Å²) in [5.74, 6) is 0. The Labute approximate surface area is 69.3 Å². The fraction of sp³-hybridized carbons (Fsp3) is 1.00. The molecule has 1 fully saturated rings. The zero-order chi connectivity index (χ0) is 6.69. The molecule has 0 N–H and O–H groups in total. The maximum atomic E-state index is 2.27. The molecule has 2 unspecified atom stereocenters. The molecule has 0 aromatic carbocycles. The summed E-state index contributed by atoms with van der Waals surface area (Å²) >= 11 is 2.14. The van der Waals surface area contributed by atoms with Gasteiger partial charge in [-0.1, -0.05) is 35.4 Å². The van der Waals surface area contributed by atoms with Crippen LogP contribution in [0.1, 0.15) is 26.7 Å². The minimum absolute atomic E-state index is 0.875. The van der Waals surface area contributed by atoms with E-state index in [-0.39, 0.29) is 0 Å². The minimum Gasteiger partial charge on any atom is -0.131 e. The lowest BCUT2D eigenvalue weighted by atomic mass is 10.6. The molecule has 1 aliphatic rings. The Kier molecular flexibility index (Phi) is 3.66. The van der Waals surface area contributed by atoms with Gasteiger partial charge in [-0.2, -0.15) is 0 Å². The van der Waals surface area contributed by atoms with Crippen molar-refractivity contribution >= 4 is 33.3 Å². The maximum Gasteiger partial charge on any atom is 0.0615 e. The molecule has 0 amide bonds. The van der Waals surface area contributed by atoms with Crippen LogP contribution in [0.15, 0.2) is 0 Å². The van der Waals surface area contributed by atoms with Crippen molar-refractivity contribution in [2.45, 2.75) is 35.9 Å². The molecule has 2 atom stereocenters. The Morgan fingerprint density at radius 3 is 1.67 bits per heavy atom. The van der Waals surface area contributed by atoms with Crippen molar-refractivity contribution in [1.82, 2.24) is 0 Å². The monoisotopic (exact) mass is 180 g/mol. The van der Waals surface area contributed by atoms with E-state index in [0.29, 0.717) is 0 Å². The highest BCUT2D eigenvalue weighted by Crippen LogP contribution is 2.52. The third-order valence-corrected chi connectivity index (χ3v) is 7.42. The van der Waals surface area contributed by atoms with Gasteiger partial charge in [0.2, 0.25) is 0 Å². The molecule has 0 aliphatic carbocycles. The van der Waals surface area contributed by atoms with Crippen molar-refractivity contribution in [3.8, 4) is 0 Å². The van der Waals surface area contributed by atoms with E-state index in [4.69, 9.17) is 0 Å². The van der Waals surface area contributed by atoms with Crippen LogP contribution < -0.4 is 0 Å². The smallest absolute Gasteiger partial charge is 0.0615 e. The van der Waals surface area contributed by atoms with Crippen LogP contribution in [0, 0.1) is 0 Å². The van der Waals surface area contributed by atoms with Crippen LogP contribution in [0.5, 0.6) is 0 Å². The Morgan fingerprint density at radius 2 is 1.44 bits per heavy atom. The second-order valence-corrected chi connectivity index (χ2v) is 6.69. The number of hydrogen-bond acceptors (Lipinski definition) is 3. The first-order valence-corrected chi connectivity index (χ1v) is 6.56. The van der Waals surface area contributed by atoms with E-state index in [0.717, 1.165) is 9.16 Å². The van der Waals surface area contributed by atoms with E-state index in [1.807, 2.05) is 0 Å². The van der Waals surface area contributed by atoms with Gasteiger partial charge in [-0.3, -0.25) is 0 Å². The summed E-state index contributed by atoms with van der Waals surface area (Å²) in [6.45, 7) is 4.53. The quantitative estimate of drug-likeness (QED) is 0.596. The molecule has 54 valence electrons. The lowest BCUT2D eigenvalue weighted by Gasteiger charge is -2.02. The molecule has 0 aromatic heterocycles. The molecule has 1 saturated heterocycles. The Morgan fingerprint density at radius 1 is 1.00 bits per heavy atom.